The SMILES string of the molecule is O=c1c2ccccc2nc(-c2cccnc2)n1-c1ccc(Br)cn1. The van der Waals surface area contributed by atoms with Crippen molar-refractivity contribution in [1.29, 1.82) is 0 Å². The first-order valence-electron chi connectivity index (χ1n) is 7.28. The number of nitrogens with zero attached hydrogens (tertiary/aromatic N) is 4. The summed E-state index contributed by atoms with van der Waals surface area (Å²) in [5.74, 6) is 1.03. The maximum Gasteiger partial charge on any atom is 0.267 e. The van der Waals surface area contributed by atoms with Gasteiger partial charge >= 0.3 is 0 Å². The van der Waals surface area contributed by atoms with Crippen LogP contribution >= 0.6 is 15.9 Å². The number of para-hydroxylation sites is 1. The lowest BCUT2D eigenvalue weighted by atomic mass is 10.2. The van der Waals surface area contributed by atoms with Gasteiger partial charge in [0.15, 0.2) is 5.82 Å². The fourth-order valence-electron chi connectivity index (χ4n) is 2.53. The molecule has 6 heteroatoms. The summed E-state index contributed by atoms with van der Waals surface area (Å²) in [5.41, 5.74) is 1.24. The molecule has 0 aliphatic carbocycles. The highest BCUT2D eigenvalue weighted by molar-refractivity contribution is 9.10. The van der Waals surface area contributed by atoms with Crippen molar-refractivity contribution in [1.82, 2.24) is 19.5 Å². The molecular weight excluding hydrogens is 368 g/mol. The van der Waals surface area contributed by atoms with Crippen LogP contribution in [0.4, 0.5) is 0 Å². The minimum Gasteiger partial charge on any atom is -0.268 e. The van der Waals surface area contributed by atoms with Crippen LogP contribution in [0.5, 0.6) is 0 Å². The predicted octanol–water partition coefficient (Wildman–Crippen LogP) is 3.61. The summed E-state index contributed by atoms with van der Waals surface area (Å²) >= 11 is 3.36. The lowest BCUT2D eigenvalue weighted by Gasteiger charge is -2.12. The lowest BCUT2D eigenvalue weighted by molar-refractivity contribution is 0.929. The van der Waals surface area contributed by atoms with Gasteiger partial charge in [0.25, 0.3) is 5.56 Å². The second-order valence-corrected chi connectivity index (χ2v) is 6.09. The van der Waals surface area contributed by atoms with E-state index in [0.717, 1.165) is 10.0 Å². The molecule has 0 aliphatic rings. The average Bonchev–Trinajstić information content (AvgIpc) is 2.63. The summed E-state index contributed by atoms with van der Waals surface area (Å²) in [4.78, 5) is 26.2. The Morgan fingerprint density at radius 2 is 1.83 bits per heavy atom. The summed E-state index contributed by atoms with van der Waals surface area (Å²) in [5, 5.41) is 0.551. The molecule has 0 amide bonds. The van der Waals surface area contributed by atoms with E-state index in [-0.39, 0.29) is 5.56 Å². The van der Waals surface area contributed by atoms with Gasteiger partial charge in [0, 0.05) is 28.6 Å². The minimum absolute atomic E-state index is 0.158. The minimum atomic E-state index is -0.158. The van der Waals surface area contributed by atoms with Gasteiger partial charge in [-0.25, -0.2) is 14.5 Å². The zero-order valence-electron chi connectivity index (χ0n) is 12.4. The number of fused-ring (bicyclic) bond motifs is 1. The van der Waals surface area contributed by atoms with Crippen LogP contribution in [-0.2, 0) is 0 Å². The number of hydrogen-bond donors (Lipinski definition) is 0. The maximum atomic E-state index is 13.1. The molecule has 3 aromatic heterocycles. The zero-order chi connectivity index (χ0) is 16.5. The molecule has 0 bridgehead atoms. The van der Waals surface area contributed by atoms with Crippen molar-refractivity contribution in [3.8, 4) is 17.2 Å². The van der Waals surface area contributed by atoms with Crippen molar-refractivity contribution >= 4 is 26.8 Å². The molecule has 5 nitrogen and oxygen atoms in total. The summed E-state index contributed by atoms with van der Waals surface area (Å²) in [6.07, 6.45) is 5.03. The van der Waals surface area contributed by atoms with Gasteiger partial charge in [-0.3, -0.25) is 9.78 Å². The Kier molecular flexibility index (Phi) is 3.66. The third-order valence-corrected chi connectivity index (χ3v) is 4.11. The van der Waals surface area contributed by atoms with Gasteiger partial charge < -0.3 is 0 Å². The Labute approximate surface area is 145 Å². The summed E-state index contributed by atoms with van der Waals surface area (Å²) in [6.45, 7) is 0. The number of hydrogen-bond acceptors (Lipinski definition) is 4. The van der Waals surface area contributed by atoms with Crippen LogP contribution in [-0.4, -0.2) is 19.5 Å². The first-order valence-corrected chi connectivity index (χ1v) is 8.07. The van der Waals surface area contributed by atoms with Gasteiger partial charge in [-0.1, -0.05) is 12.1 Å². The molecule has 0 spiro atoms. The van der Waals surface area contributed by atoms with E-state index in [0.29, 0.717) is 22.5 Å². The summed E-state index contributed by atoms with van der Waals surface area (Å²) in [7, 11) is 0. The van der Waals surface area contributed by atoms with Crippen LogP contribution < -0.4 is 5.56 Å². The van der Waals surface area contributed by atoms with Crippen LogP contribution in [0.2, 0.25) is 0 Å². The van der Waals surface area contributed by atoms with E-state index in [9.17, 15) is 4.79 Å². The largest absolute Gasteiger partial charge is 0.268 e. The lowest BCUT2D eigenvalue weighted by Crippen LogP contribution is -2.22. The van der Waals surface area contributed by atoms with Gasteiger partial charge in [-0.2, -0.15) is 0 Å². The molecule has 0 saturated carbocycles. The molecule has 1 aromatic carbocycles. The highest BCUT2D eigenvalue weighted by Gasteiger charge is 2.15. The smallest absolute Gasteiger partial charge is 0.267 e. The van der Waals surface area contributed by atoms with Crippen LogP contribution in [0.1, 0.15) is 0 Å². The van der Waals surface area contributed by atoms with Crippen LogP contribution in [0.25, 0.3) is 28.1 Å². The molecule has 0 radical (unpaired) electrons. The van der Waals surface area contributed by atoms with E-state index in [2.05, 4.69) is 30.9 Å². The van der Waals surface area contributed by atoms with Gasteiger partial charge in [0.1, 0.15) is 5.82 Å². The summed E-state index contributed by atoms with van der Waals surface area (Å²) in [6, 6.07) is 14.6. The number of halogens is 1. The van der Waals surface area contributed by atoms with Gasteiger partial charge in [-0.15, -0.1) is 0 Å². The molecule has 3 heterocycles. The Morgan fingerprint density at radius 1 is 0.958 bits per heavy atom. The Bertz CT molecular complexity index is 1080. The Morgan fingerprint density at radius 3 is 2.58 bits per heavy atom. The van der Waals surface area contributed by atoms with E-state index in [1.165, 1.54) is 4.57 Å². The normalized spacial score (nSPS) is 10.9. The predicted molar refractivity (Wildman–Crippen MR) is 96.1 cm³/mol. The van der Waals surface area contributed by atoms with Crippen molar-refractivity contribution in [2.75, 3.05) is 0 Å². The third kappa shape index (κ3) is 2.51. The van der Waals surface area contributed by atoms with E-state index in [4.69, 9.17) is 0 Å². The quantitative estimate of drug-likeness (QED) is 0.534. The van der Waals surface area contributed by atoms with Crippen molar-refractivity contribution in [3.63, 3.8) is 0 Å². The van der Waals surface area contributed by atoms with E-state index in [1.807, 2.05) is 36.4 Å². The molecule has 4 rings (SSSR count). The Hall–Kier alpha value is -2.86. The van der Waals surface area contributed by atoms with Crippen molar-refractivity contribution in [2.45, 2.75) is 0 Å². The van der Waals surface area contributed by atoms with E-state index in [1.54, 1.807) is 30.7 Å². The standard InChI is InChI=1S/C18H11BrN4O/c19-13-7-8-16(21-11-13)23-17(12-4-3-9-20-10-12)22-15-6-2-1-5-14(15)18(23)24/h1-11H. The van der Waals surface area contributed by atoms with Gasteiger partial charge in [0.05, 0.1) is 10.9 Å². The molecular formula is C18H11BrN4O. The van der Waals surface area contributed by atoms with Crippen molar-refractivity contribution < 1.29 is 0 Å². The Balaban J connectivity index is 2.11. The highest BCUT2D eigenvalue weighted by atomic mass is 79.9. The second-order valence-electron chi connectivity index (χ2n) is 5.17. The number of aromatic nitrogens is 4. The topological polar surface area (TPSA) is 60.7 Å². The van der Waals surface area contributed by atoms with Crippen LogP contribution in [0, 0.1) is 0 Å². The third-order valence-electron chi connectivity index (χ3n) is 3.64. The monoisotopic (exact) mass is 378 g/mol. The molecule has 0 fully saturated rings. The molecule has 0 saturated heterocycles. The van der Waals surface area contributed by atoms with Crippen molar-refractivity contribution in [3.05, 3.63) is 81.9 Å². The molecule has 0 atom stereocenters. The van der Waals surface area contributed by atoms with Crippen LogP contribution in [0.15, 0.2) is 76.4 Å². The number of rotatable bonds is 2. The van der Waals surface area contributed by atoms with E-state index >= 15 is 0 Å². The first kappa shape index (κ1) is 14.7. The number of benzene rings is 1. The van der Waals surface area contributed by atoms with Gasteiger partial charge in [-0.05, 0) is 52.3 Å². The average molecular weight is 379 g/mol. The molecule has 116 valence electrons. The zero-order valence-corrected chi connectivity index (χ0v) is 14.0. The van der Waals surface area contributed by atoms with Gasteiger partial charge in [0.2, 0.25) is 0 Å². The highest BCUT2D eigenvalue weighted by Crippen LogP contribution is 2.21. The van der Waals surface area contributed by atoms with Crippen LogP contribution in [0.3, 0.4) is 0 Å². The second kappa shape index (κ2) is 5.98. The fourth-order valence-corrected chi connectivity index (χ4v) is 2.77. The van der Waals surface area contributed by atoms with E-state index < -0.39 is 0 Å². The maximum absolute atomic E-state index is 13.1. The molecule has 0 unspecified atom stereocenters. The number of pyridine rings is 2. The summed E-state index contributed by atoms with van der Waals surface area (Å²) < 4.78 is 2.36. The molecule has 24 heavy (non-hydrogen) atoms. The van der Waals surface area contributed by atoms with Crippen molar-refractivity contribution in [2.24, 2.45) is 0 Å². The molecule has 4 aromatic rings. The fraction of sp³-hybridized carbons (Fsp3) is 0. The molecule has 0 N–H and O–H groups in total. The first-order chi connectivity index (χ1) is 11.7. The molecule has 0 aliphatic heterocycles.